The van der Waals surface area contributed by atoms with E-state index in [1.807, 2.05) is 75.2 Å². The number of amides is 1. The Balaban J connectivity index is 2.44. The van der Waals surface area contributed by atoms with E-state index >= 15 is 0 Å². The molecule has 1 amide bonds. The molecule has 0 saturated carbocycles. The average Bonchev–Trinajstić information content (AvgIpc) is 2.49. The summed E-state index contributed by atoms with van der Waals surface area (Å²) in [5, 5.41) is 3.11. The Morgan fingerprint density at radius 3 is 2.48 bits per heavy atom. The van der Waals surface area contributed by atoms with Gasteiger partial charge < -0.3 is 10.2 Å². The van der Waals surface area contributed by atoms with E-state index in [0.717, 1.165) is 22.5 Å². The zero-order valence-electron chi connectivity index (χ0n) is 13.1. The lowest BCUT2D eigenvalue weighted by Gasteiger charge is -2.24. The molecule has 0 aromatic heterocycles. The minimum absolute atomic E-state index is 0.0242. The van der Waals surface area contributed by atoms with Crippen LogP contribution in [0.25, 0.3) is 0 Å². The van der Waals surface area contributed by atoms with Gasteiger partial charge in [0.2, 0.25) is 0 Å². The highest BCUT2D eigenvalue weighted by atomic mass is 16.2. The van der Waals surface area contributed by atoms with E-state index in [1.165, 1.54) is 0 Å². The van der Waals surface area contributed by atoms with Crippen molar-refractivity contribution in [2.24, 2.45) is 0 Å². The second kappa shape index (κ2) is 6.44. The Kier molecular flexibility index (Phi) is 4.63. The molecule has 0 fully saturated rings. The molecule has 0 aliphatic heterocycles. The molecule has 1 N–H and O–H groups in total. The number of anilines is 2. The molecule has 0 aliphatic rings. The predicted molar refractivity (Wildman–Crippen MR) is 89.3 cm³/mol. The SMILES string of the molecule is CCN(C(=O)c1ccc(C)cc1NC)c1ccccc1C. The molecule has 0 heterocycles. The molecule has 0 aliphatic carbocycles. The number of hydrogen-bond acceptors (Lipinski definition) is 2. The third-order valence-corrected chi connectivity index (χ3v) is 3.64. The molecule has 0 saturated heterocycles. The molecule has 3 heteroatoms. The Hall–Kier alpha value is -2.29. The number of carbonyl (C=O) groups excluding carboxylic acids is 1. The lowest BCUT2D eigenvalue weighted by molar-refractivity contribution is 0.0989. The Bertz CT molecular complexity index is 649. The summed E-state index contributed by atoms with van der Waals surface area (Å²) in [5.74, 6) is 0.0242. The molecule has 2 rings (SSSR count). The maximum absolute atomic E-state index is 12.9. The Morgan fingerprint density at radius 2 is 1.86 bits per heavy atom. The highest BCUT2D eigenvalue weighted by Crippen LogP contribution is 2.25. The first-order valence-electron chi connectivity index (χ1n) is 7.24. The van der Waals surface area contributed by atoms with E-state index in [-0.39, 0.29) is 5.91 Å². The normalized spacial score (nSPS) is 10.3. The molecule has 2 aromatic carbocycles. The summed E-state index contributed by atoms with van der Waals surface area (Å²) < 4.78 is 0. The Morgan fingerprint density at radius 1 is 1.14 bits per heavy atom. The van der Waals surface area contributed by atoms with Crippen LogP contribution in [0, 0.1) is 13.8 Å². The van der Waals surface area contributed by atoms with E-state index in [1.54, 1.807) is 0 Å². The molecular formula is C18H22N2O. The highest BCUT2D eigenvalue weighted by Gasteiger charge is 2.20. The van der Waals surface area contributed by atoms with Crippen LogP contribution in [0.15, 0.2) is 42.5 Å². The van der Waals surface area contributed by atoms with Crippen LogP contribution in [-0.4, -0.2) is 19.5 Å². The monoisotopic (exact) mass is 282 g/mol. The van der Waals surface area contributed by atoms with Crippen molar-refractivity contribution in [1.29, 1.82) is 0 Å². The van der Waals surface area contributed by atoms with Crippen LogP contribution in [0.4, 0.5) is 11.4 Å². The first-order chi connectivity index (χ1) is 10.1. The zero-order chi connectivity index (χ0) is 15.4. The molecule has 110 valence electrons. The van der Waals surface area contributed by atoms with Crippen LogP contribution in [-0.2, 0) is 0 Å². The van der Waals surface area contributed by atoms with Gasteiger partial charge in [-0.1, -0.05) is 24.3 Å². The third-order valence-electron chi connectivity index (χ3n) is 3.64. The number of nitrogens with one attached hydrogen (secondary N) is 1. The van der Waals surface area contributed by atoms with E-state index in [9.17, 15) is 4.79 Å². The molecule has 0 unspecified atom stereocenters. The third kappa shape index (κ3) is 3.07. The molecular weight excluding hydrogens is 260 g/mol. The highest BCUT2D eigenvalue weighted by molar-refractivity contribution is 6.10. The van der Waals surface area contributed by atoms with E-state index in [0.29, 0.717) is 12.1 Å². The minimum atomic E-state index is 0.0242. The summed E-state index contributed by atoms with van der Waals surface area (Å²) in [6.07, 6.45) is 0. The van der Waals surface area contributed by atoms with Crippen molar-refractivity contribution in [3.8, 4) is 0 Å². The predicted octanol–water partition coefficient (Wildman–Crippen LogP) is 4.01. The standard InChI is InChI=1S/C18H22N2O/c1-5-20(17-9-7-6-8-14(17)3)18(21)15-11-10-13(2)12-16(15)19-4/h6-12,19H,5H2,1-4H3. The number of rotatable bonds is 4. The van der Waals surface area contributed by atoms with Crippen LogP contribution >= 0.6 is 0 Å². The lowest BCUT2D eigenvalue weighted by Crippen LogP contribution is -2.31. The van der Waals surface area contributed by atoms with Gasteiger partial charge in [-0.15, -0.1) is 0 Å². The summed E-state index contributed by atoms with van der Waals surface area (Å²) in [5.41, 5.74) is 4.77. The van der Waals surface area contributed by atoms with Gasteiger partial charge in [0.15, 0.2) is 0 Å². The van der Waals surface area contributed by atoms with Gasteiger partial charge in [-0.25, -0.2) is 0 Å². The molecule has 0 bridgehead atoms. The molecule has 0 radical (unpaired) electrons. The number of para-hydroxylation sites is 1. The van der Waals surface area contributed by atoms with Crippen molar-refractivity contribution < 1.29 is 4.79 Å². The number of benzene rings is 2. The van der Waals surface area contributed by atoms with Crippen molar-refractivity contribution in [3.63, 3.8) is 0 Å². The van der Waals surface area contributed by atoms with Crippen molar-refractivity contribution in [2.75, 3.05) is 23.8 Å². The smallest absolute Gasteiger partial charge is 0.260 e. The second-order valence-corrected chi connectivity index (χ2v) is 5.13. The van der Waals surface area contributed by atoms with Gasteiger partial charge in [0.05, 0.1) is 5.56 Å². The van der Waals surface area contributed by atoms with Crippen LogP contribution in [0.5, 0.6) is 0 Å². The second-order valence-electron chi connectivity index (χ2n) is 5.13. The van der Waals surface area contributed by atoms with E-state index < -0.39 is 0 Å². The topological polar surface area (TPSA) is 32.3 Å². The van der Waals surface area contributed by atoms with Gasteiger partial charge in [-0.05, 0) is 50.1 Å². The summed E-state index contributed by atoms with van der Waals surface area (Å²) in [6.45, 7) is 6.69. The molecule has 0 spiro atoms. The summed E-state index contributed by atoms with van der Waals surface area (Å²) in [6, 6.07) is 13.8. The van der Waals surface area contributed by atoms with Gasteiger partial charge in [-0.3, -0.25) is 4.79 Å². The maximum Gasteiger partial charge on any atom is 0.260 e. The largest absolute Gasteiger partial charge is 0.387 e. The molecule has 21 heavy (non-hydrogen) atoms. The number of hydrogen-bond donors (Lipinski definition) is 1. The summed E-state index contributed by atoms with van der Waals surface area (Å²) in [7, 11) is 1.84. The first-order valence-corrected chi connectivity index (χ1v) is 7.24. The van der Waals surface area contributed by atoms with E-state index in [2.05, 4.69) is 5.32 Å². The van der Waals surface area contributed by atoms with Crippen molar-refractivity contribution in [3.05, 3.63) is 59.2 Å². The van der Waals surface area contributed by atoms with Crippen molar-refractivity contribution in [2.45, 2.75) is 20.8 Å². The number of aryl methyl sites for hydroxylation is 2. The first kappa shape index (κ1) is 15.1. The zero-order valence-corrected chi connectivity index (χ0v) is 13.1. The van der Waals surface area contributed by atoms with Gasteiger partial charge in [0.25, 0.3) is 5.91 Å². The molecule has 3 nitrogen and oxygen atoms in total. The van der Waals surface area contributed by atoms with Gasteiger partial charge in [0, 0.05) is 25.0 Å². The van der Waals surface area contributed by atoms with Crippen LogP contribution < -0.4 is 10.2 Å². The van der Waals surface area contributed by atoms with Crippen molar-refractivity contribution >= 4 is 17.3 Å². The fourth-order valence-electron chi connectivity index (χ4n) is 2.49. The van der Waals surface area contributed by atoms with Gasteiger partial charge >= 0.3 is 0 Å². The van der Waals surface area contributed by atoms with Crippen LogP contribution in [0.3, 0.4) is 0 Å². The maximum atomic E-state index is 12.9. The molecule has 0 atom stereocenters. The van der Waals surface area contributed by atoms with Gasteiger partial charge in [-0.2, -0.15) is 0 Å². The fraction of sp³-hybridized carbons (Fsp3) is 0.278. The van der Waals surface area contributed by atoms with E-state index in [4.69, 9.17) is 0 Å². The minimum Gasteiger partial charge on any atom is -0.387 e. The quantitative estimate of drug-likeness (QED) is 0.919. The van der Waals surface area contributed by atoms with Gasteiger partial charge in [0.1, 0.15) is 0 Å². The average molecular weight is 282 g/mol. The lowest BCUT2D eigenvalue weighted by atomic mass is 10.1. The summed E-state index contributed by atoms with van der Waals surface area (Å²) in [4.78, 5) is 14.7. The Labute approximate surface area is 126 Å². The van der Waals surface area contributed by atoms with Crippen molar-refractivity contribution in [1.82, 2.24) is 0 Å². The van der Waals surface area contributed by atoms with Crippen LogP contribution in [0.1, 0.15) is 28.4 Å². The number of carbonyl (C=O) groups is 1. The number of nitrogens with zero attached hydrogens (tertiary/aromatic N) is 1. The fourth-order valence-corrected chi connectivity index (χ4v) is 2.49. The molecule has 2 aromatic rings. The van der Waals surface area contributed by atoms with Crippen LogP contribution in [0.2, 0.25) is 0 Å². The summed E-state index contributed by atoms with van der Waals surface area (Å²) >= 11 is 0.